The van der Waals surface area contributed by atoms with Gasteiger partial charge >= 0.3 is 5.97 Å². The van der Waals surface area contributed by atoms with Gasteiger partial charge in [0.05, 0.1) is 22.1 Å². The van der Waals surface area contributed by atoms with Crippen LogP contribution >= 0.6 is 0 Å². The molecule has 2 radical (unpaired) electrons. The Labute approximate surface area is 84.4 Å². The van der Waals surface area contributed by atoms with Crippen LogP contribution in [0.25, 0.3) is 0 Å². The van der Waals surface area contributed by atoms with Crippen LogP contribution < -0.4 is 4.74 Å². The second-order valence-corrected chi connectivity index (χ2v) is 2.78. The lowest BCUT2D eigenvalue weighted by molar-refractivity contribution is -0.140. The topological polar surface area (TPSA) is 35.5 Å². The molecule has 0 N–H and O–H groups in total. The van der Waals surface area contributed by atoms with E-state index in [0.717, 1.165) is 0 Å². The molecule has 0 heterocycles. The van der Waals surface area contributed by atoms with Gasteiger partial charge in [-0.1, -0.05) is 12.1 Å². The Hall–Kier alpha value is -1.45. The Kier molecular flexibility index (Phi) is 3.57. The van der Waals surface area contributed by atoms with Crippen molar-refractivity contribution in [3.05, 3.63) is 29.8 Å². The molecule has 14 heavy (non-hydrogen) atoms. The third-order valence-corrected chi connectivity index (χ3v) is 1.91. The van der Waals surface area contributed by atoms with Crippen LogP contribution in [0, 0.1) is 0 Å². The zero-order valence-corrected chi connectivity index (χ0v) is 8.19. The molecular formula is C10H11BO3. The van der Waals surface area contributed by atoms with E-state index in [1.165, 1.54) is 7.11 Å². The van der Waals surface area contributed by atoms with Gasteiger partial charge in [-0.25, -0.2) is 0 Å². The van der Waals surface area contributed by atoms with Gasteiger partial charge in [0, 0.05) is 5.82 Å². The van der Waals surface area contributed by atoms with Crippen molar-refractivity contribution < 1.29 is 14.3 Å². The first-order valence-electron chi connectivity index (χ1n) is 4.16. The number of methoxy groups -OCH3 is 2. The maximum Gasteiger partial charge on any atom is 0.304 e. The Balaban J connectivity index is 2.89. The van der Waals surface area contributed by atoms with Gasteiger partial charge in [0.25, 0.3) is 0 Å². The van der Waals surface area contributed by atoms with Crippen LogP contribution in [0.2, 0.25) is 0 Å². The quantitative estimate of drug-likeness (QED) is 0.528. The van der Waals surface area contributed by atoms with Gasteiger partial charge in [0.1, 0.15) is 5.75 Å². The molecule has 0 aliphatic heterocycles. The highest BCUT2D eigenvalue weighted by Gasteiger charge is 2.14. The summed E-state index contributed by atoms with van der Waals surface area (Å²) in [6.07, 6.45) is 0. The van der Waals surface area contributed by atoms with E-state index in [4.69, 9.17) is 12.6 Å². The van der Waals surface area contributed by atoms with Crippen LogP contribution in [-0.4, -0.2) is 28.0 Å². The third kappa shape index (κ3) is 2.28. The molecule has 0 aliphatic carbocycles. The second-order valence-electron chi connectivity index (χ2n) is 2.78. The van der Waals surface area contributed by atoms with Gasteiger partial charge in [-0.3, -0.25) is 4.79 Å². The highest BCUT2D eigenvalue weighted by molar-refractivity contribution is 6.23. The van der Waals surface area contributed by atoms with Crippen molar-refractivity contribution in [3.63, 3.8) is 0 Å². The molecule has 0 bridgehead atoms. The first kappa shape index (κ1) is 10.6. The fourth-order valence-electron chi connectivity index (χ4n) is 1.10. The van der Waals surface area contributed by atoms with Crippen LogP contribution in [0.1, 0.15) is 11.4 Å². The van der Waals surface area contributed by atoms with E-state index in [-0.39, 0.29) is 0 Å². The summed E-state index contributed by atoms with van der Waals surface area (Å²) in [7, 11) is 8.51. The molecule has 0 fully saturated rings. The monoisotopic (exact) mass is 190 g/mol. The number of ether oxygens (including phenoxy) is 2. The lowest BCUT2D eigenvalue weighted by Gasteiger charge is -2.10. The van der Waals surface area contributed by atoms with Crippen LogP contribution in [0.5, 0.6) is 5.75 Å². The number of hydrogen-bond acceptors (Lipinski definition) is 3. The molecule has 3 nitrogen and oxygen atoms in total. The van der Waals surface area contributed by atoms with Gasteiger partial charge in [0.2, 0.25) is 0 Å². The minimum atomic E-state index is -0.755. The standard InChI is InChI=1S/C10H11BO3/c1-13-8-5-3-4-7(6-8)9(11)10(12)14-2/h3-6,9H,1-2H3. The normalized spacial score (nSPS) is 11.9. The Bertz CT molecular complexity index is 325. The average molecular weight is 190 g/mol. The third-order valence-electron chi connectivity index (χ3n) is 1.91. The average Bonchev–Trinajstić information content (AvgIpc) is 2.27. The minimum Gasteiger partial charge on any atom is -0.497 e. The molecule has 0 saturated heterocycles. The smallest absolute Gasteiger partial charge is 0.304 e. The molecule has 1 aromatic carbocycles. The molecule has 4 heteroatoms. The summed E-state index contributed by atoms with van der Waals surface area (Å²) in [4.78, 5) is 11.1. The van der Waals surface area contributed by atoms with Gasteiger partial charge in [-0.2, -0.15) is 0 Å². The van der Waals surface area contributed by atoms with Crippen molar-refractivity contribution in [2.45, 2.75) is 5.82 Å². The van der Waals surface area contributed by atoms with E-state index >= 15 is 0 Å². The van der Waals surface area contributed by atoms with Crippen LogP contribution in [0.3, 0.4) is 0 Å². The molecule has 1 atom stereocenters. The number of esters is 1. The van der Waals surface area contributed by atoms with Crippen molar-refractivity contribution in [3.8, 4) is 5.75 Å². The minimum absolute atomic E-state index is 0.460. The van der Waals surface area contributed by atoms with Gasteiger partial charge in [-0.05, 0) is 17.7 Å². The first-order valence-corrected chi connectivity index (χ1v) is 4.16. The number of rotatable bonds is 3. The lowest BCUT2D eigenvalue weighted by atomic mass is 9.81. The molecule has 1 rings (SSSR count). The van der Waals surface area contributed by atoms with E-state index < -0.39 is 11.8 Å². The fourth-order valence-corrected chi connectivity index (χ4v) is 1.10. The van der Waals surface area contributed by atoms with E-state index in [1.807, 2.05) is 0 Å². The molecule has 1 aromatic rings. The Morgan fingerprint density at radius 1 is 1.43 bits per heavy atom. The second kappa shape index (κ2) is 4.70. The molecule has 0 amide bonds. The zero-order valence-electron chi connectivity index (χ0n) is 8.19. The summed E-state index contributed by atoms with van der Waals surface area (Å²) < 4.78 is 9.55. The molecular weight excluding hydrogens is 179 g/mol. The van der Waals surface area contributed by atoms with Crippen molar-refractivity contribution in [1.29, 1.82) is 0 Å². The summed E-state index contributed by atoms with van der Waals surface area (Å²) in [6.45, 7) is 0. The van der Waals surface area contributed by atoms with Crippen LogP contribution in [-0.2, 0) is 9.53 Å². The summed E-state index contributed by atoms with van der Waals surface area (Å²) in [5, 5.41) is 0. The number of carbonyl (C=O) groups excluding carboxylic acids is 1. The molecule has 0 aliphatic rings. The van der Waals surface area contributed by atoms with Gasteiger partial charge < -0.3 is 9.47 Å². The predicted molar refractivity (Wildman–Crippen MR) is 53.5 cm³/mol. The first-order chi connectivity index (χ1) is 6.69. The highest BCUT2D eigenvalue weighted by Crippen LogP contribution is 2.19. The van der Waals surface area contributed by atoms with Crippen molar-refractivity contribution in [1.82, 2.24) is 0 Å². The van der Waals surface area contributed by atoms with Crippen molar-refractivity contribution >= 4 is 13.8 Å². The molecule has 0 saturated carbocycles. The molecule has 0 aromatic heterocycles. The fraction of sp³-hybridized carbons (Fsp3) is 0.300. The molecule has 0 spiro atoms. The predicted octanol–water partition coefficient (Wildman–Crippen LogP) is 1.08. The SMILES string of the molecule is [B]C(C(=O)OC)c1cccc(OC)c1. The largest absolute Gasteiger partial charge is 0.497 e. The highest BCUT2D eigenvalue weighted by atomic mass is 16.5. The summed E-state index contributed by atoms with van der Waals surface area (Å²) in [5.74, 6) is -0.546. The Morgan fingerprint density at radius 3 is 2.71 bits per heavy atom. The van der Waals surface area contributed by atoms with Crippen LogP contribution in [0.4, 0.5) is 0 Å². The lowest BCUT2D eigenvalue weighted by Crippen LogP contribution is -2.14. The summed E-state index contributed by atoms with van der Waals surface area (Å²) in [6, 6.07) is 7.02. The maximum atomic E-state index is 11.1. The van der Waals surface area contributed by atoms with Crippen molar-refractivity contribution in [2.24, 2.45) is 0 Å². The van der Waals surface area contributed by atoms with Crippen LogP contribution in [0.15, 0.2) is 24.3 Å². The van der Waals surface area contributed by atoms with E-state index in [0.29, 0.717) is 11.3 Å². The van der Waals surface area contributed by atoms with Gasteiger partial charge in [-0.15, -0.1) is 0 Å². The van der Waals surface area contributed by atoms with E-state index in [2.05, 4.69) is 4.74 Å². The molecule has 1 unspecified atom stereocenters. The van der Waals surface area contributed by atoms with E-state index in [9.17, 15) is 4.79 Å². The molecule has 72 valence electrons. The Morgan fingerprint density at radius 2 is 2.14 bits per heavy atom. The number of benzene rings is 1. The van der Waals surface area contributed by atoms with Crippen molar-refractivity contribution in [2.75, 3.05) is 14.2 Å². The van der Waals surface area contributed by atoms with Gasteiger partial charge in [0.15, 0.2) is 0 Å². The number of carbonyl (C=O) groups is 1. The number of hydrogen-bond donors (Lipinski definition) is 0. The summed E-state index contributed by atoms with van der Waals surface area (Å²) >= 11 is 0. The summed E-state index contributed by atoms with van der Waals surface area (Å²) in [5.41, 5.74) is 0.677. The van der Waals surface area contributed by atoms with E-state index in [1.54, 1.807) is 31.4 Å². The maximum absolute atomic E-state index is 11.1. The zero-order chi connectivity index (χ0) is 10.6.